The maximum Gasteiger partial charge on any atom is 0.264 e. The molecular formula is C14H16BrN3O2S. The van der Waals surface area contributed by atoms with Crippen molar-refractivity contribution in [3.05, 3.63) is 33.7 Å². The summed E-state index contributed by atoms with van der Waals surface area (Å²) < 4.78 is 6.25. The summed E-state index contributed by atoms with van der Waals surface area (Å²) in [5.74, 6) is 0.892. The summed E-state index contributed by atoms with van der Waals surface area (Å²) in [4.78, 5) is 11.8. The van der Waals surface area contributed by atoms with Crippen molar-refractivity contribution in [3.63, 3.8) is 0 Å². The van der Waals surface area contributed by atoms with Crippen LogP contribution in [0.2, 0.25) is 0 Å². The Morgan fingerprint density at radius 2 is 2.14 bits per heavy atom. The van der Waals surface area contributed by atoms with Gasteiger partial charge in [0.1, 0.15) is 10.8 Å². The van der Waals surface area contributed by atoms with Crippen LogP contribution in [0.25, 0.3) is 0 Å². The number of hydrogen-bond donors (Lipinski definition) is 1. The summed E-state index contributed by atoms with van der Waals surface area (Å²) in [6.45, 7) is 4.16. The number of benzene rings is 1. The van der Waals surface area contributed by atoms with Gasteiger partial charge in [-0.05, 0) is 34.0 Å². The summed E-state index contributed by atoms with van der Waals surface area (Å²) >= 11 is 4.76. The van der Waals surface area contributed by atoms with E-state index >= 15 is 0 Å². The van der Waals surface area contributed by atoms with E-state index in [1.807, 2.05) is 18.2 Å². The molecule has 21 heavy (non-hydrogen) atoms. The van der Waals surface area contributed by atoms with Gasteiger partial charge in [0.2, 0.25) is 5.13 Å². The van der Waals surface area contributed by atoms with Crippen LogP contribution in [0.1, 0.15) is 18.9 Å². The first-order valence-electron chi connectivity index (χ1n) is 6.54. The van der Waals surface area contributed by atoms with Crippen LogP contribution >= 0.6 is 27.3 Å². The van der Waals surface area contributed by atoms with E-state index in [-0.39, 0.29) is 12.5 Å². The van der Waals surface area contributed by atoms with Gasteiger partial charge in [-0.15, -0.1) is 10.2 Å². The molecule has 0 atom stereocenters. The van der Waals surface area contributed by atoms with Crippen molar-refractivity contribution in [1.82, 2.24) is 10.2 Å². The Morgan fingerprint density at radius 1 is 1.38 bits per heavy atom. The Morgan fingerprint density at radius 3 is 2.86 bits per heavy atom. The fourth-order valence-corrected chi connectivity index (χ4v) is 2.96. The van der Waals surface area contributed by atoms with Crippen molar-refractivity contribution in [1.29, 1.82) is 0 Å². The number of carbonyl (C=O) groups excluding carboxylic acids is 1. The van der Waals surface area contributed by atoms with Gasteiger partial charge < -0.3 is 4.74 Å². The molecule has 1 amide bonds. The van der Waals surface area contributed by atoms with E-state index in [2.05, 4.69) is 45.3 Å². The van der Waals surface area contributed by atoms with E-state index in [0.717, 1.165) is 15.9 Å². The number of rotatable bonds is 6. The SMILES string of the molecule is CC(C)Cc1nnc(NC(=O)COc2ccccc2Br)s1. The highest BCUT2D eigenvalue weighted by atomic mass is 79.9. The zero-order valence-corrected chi connectivity index (χ0v) is 14.2. The fraction of sp³-hybridized carbons (Fsp3) is 0.357. The average Bonchev–Trinajstić information content (AvgIpc) is 2.84. The fourth-order valence-electron chi connectivity index (χ4n) is 1.60. The summed E-state index contributed by atoms with van der Waals surface area (Å²) in [7, 11) is 0. The van der Waals surface area contributed by atoms with Gasteiger partial charge >= 0.3 is 0 Å². The van der Waals surface area contributed by atoms with Crippen LogP contribution in [0.3, 0.4) is 0 Å². The van der Waals surface area contributed by atoms with Gasteiger partial charge in [-0.1, -0.05) is 37.3 Å². The zero-order chi connectivity index (χ0) is 15.2. The van der Waals surface area contributed by atoms with Gasteiger partial charge in [-0.3, -0.25) is 10.1 Å². The number of ether oxygens (including phenoxy) is 1. The molecule has 0 spiro atoms. The van der Waals surface area contributed by atoms with Crippen molar-refractivity contribution in [3.8, 4) is 5.75 Å². The summed E-state index contributed by atoms with van der Waals surface area (Å²) in [5.41, 5.74) is 0. The Hall–Kier alpha value is -1.47. The topological polar surface area (TPSA) is 64.1 Å². The third-order valence-electron chi connectivity index (χ3n) is 2.49. The molecule has 1 N–H and O–H groups in total. The Labute approximate surface area is 135 Å². The molecule has 2 rings (SSSR count). The van der Waals surface area contributed by atoms with Gasteiger partial charge in [-0.25, -0.2) is 0 Å². The Bertz CT molecular complexity index is 616. The smallest absolute Gasteiger partial charge is 0.264 e. The van der Waals surface area contributed by atoms with Gasteiger partial charge in [0, 0.05) is 6.42 Å². The molecule has 7 heteroatoms. The minimum absolute atomic E-state index is 0.0678. The standard InChI is InChI=1S/C14H16BrN3O2S/c1-9(2)7-13-17-18-14(21-13)16-12(19)8-20-11-6-4-3-5-10(11)15/h3-6,9H,7-8H2,1-2H3,(H,16,18,19). The number of nitrogens with one attached hydrogen (secondary N) is 1. The molecular weight excluding hydrogens is 354 g/mol. The van der Waals surface area contributed by atoms with Crippen molar-refractivity contribution >= 4 is 38.3 Å². The third-order valence-corrected chi connectivity index (χ3v) is 4.01. The van der Waals surface area contributed by atoms with Crippen LogP contribution in [0, 0.1) is 5.92 Å². The minimum Gasteiger partial charge on any atom is -0.483 e. The van der Waals surface area contributed by atoms with Crippen LogP contribution in [0.15, 0.2) is 28.7 Å². The van der Waals surface area contributed by atoms with E-state index in [4.69, 9.17) is 4.74 Å². The molecule has 0 aliphatic carbocycles. The van der Waals surface area contributed by atoms with E-state index in [0.29, 0.717) is 16.8 Å². The Balaban J connectivity index is 1.84. The molecule has 0 aliphatic heterocycles. The van der Waals surface area contributed by atoms with E-state index in [1.165, 1.54) is 11.3 Å². The summed E-state index contributed by atoms with van der Waals surface area (Å²) in [6, 6.07) is 7.38. The molecule has 0 unspecified atom stereocenters. The molecule has 5 nitrogen and oxygen atoms in total. The molecule has 0 aliphatic rings. The average molecular weight is 370 g/mol. The van der Waals surface area contributed by atoms with Crippen LogP contribution in [-0.2, 0) is 11.2 Å². The Kier molecular flexibility index (Phi) is 5.69. The zero-order valence-electron chi connectivity index (χ0n) is 11.8. The normalized spacial score (nSPS) is 10.7. The lowest BCUT2D eigenvalue weighted by molar-refractivity contribution is -0.118. The van der Waals surface area contributed by atoms with Crippen LogP contribution in [0.4, 0.5) is 5.13 Å². The quantitative estimate of drug-likeness (QED) is 0.845. The predicted molar refractivity (Wildman–Crippen MR) is 86.7 cm³/mol. The molecule has 112 valence electrons. The number of amides is 1. The third kappa shape index (κ3) is 5.09. The van der Waals surface area contributed by atoms with Crippen molar-refractivity contribution in [2.75, 3.05) is 11.9 Å². The lowest BCUT2D eigenvalue weighted by Crippen LogP contribution is -2.20. The first-order chi connectivity index (χ1) is 10.0. The second kappa shape index (κ2) is 7.51. The summed E-state index contributed by atoms with van der Waals surface area (Å²) in [6.07, 6.45) is 0.862. The number of carbonyl (C=O) groups is 1. The molecule has 0 fully saturated rings. The number of hydrogen-bond acceptors (Lipinski definition) is 5. The predicted octanol–water partition coefficient (Wildman–Crippen LogP) is 3.52. The van der Waals surface area contributed by atoms with Gasteiger partial charge in [0.15, 0.2) is 6.61 Å². The van der Waals surface area contributed by atoms with Gasteiger partial charge in [-0.2, -0.15) is 0 Å². The molecule has 0 bridgehead atoms. The molecule has 0 radical (unpaired) electrons. The highest BCUT2D eigenvalue weighted by Gasteiger charge is 2.10. The molecule has 1 aromatic heterocycles. The van der Waals surface area contributed by atoms with Crippen molar-refractivity contribution in [2.45, 2.75) is 20.3 Å². The van der Waals surface area contributed by atoms with Crippen LogP contribution < -0.4 is 10.1 Å². The maximum absolute atomic E-state index is 11.8. The molecule has 1 aromatic carbocycles. The second-order valence-electron chi connectivity index (χ2n) is 4.87. The summed E-state index contributed by atoms with van der Waals surface area (Å²) in [5, 5.41) is 12.1. The largest absolute Gasteiger partial charge is 0.483 e. The highest BCUT2D eigenvalue weighted by Crippen LogP contribution is 2.23. The lowest BCUT2D eigenvalue weighted by atomic mass is 10.1. The molecule has 2 aromatic rings. The number of para-hydroxylation sites is 1. The van der Waals surface area contributed by atoms with E-state index < -0.39 is 0 Å². The molecule has 0 saturated carbocycles. The van der Waals surface area contributed by atoms with Crippen LogP contribution in [-0.4, -0.2) is 22.7 Å². The minimum atomic E-state index is -0.252. The number of nitrogens with zero attached hydrogens (tertiary/aromatic N) is 2. The molecule has 1 heterocycles. The van der Waals surface area contributed by atoms with E-state index in [1.54, 1.807) is 6.07 Å². The number of aromatic nitrogens is 2. The number of anilines is 1. The first-order valence-corrected chi connectivity index (χ1v) is 8.15. The van der Waals surface area contributed by atoms with Crippen molar-refractivity contribution in [2.24, 2.45) is 5.92 Å². The maximum atomic E-state index is 11.8. The first kappa shape index (κ1) is 15.9. The van der Waals surface area contributed by atoms with Crippen LogP contribution in [0.5, 0.6) is 5.75 Å². The van der Waals surface area contributed by atoms with Crippen molar-refractivity contribution < 1.29 is 9.53 Å². The monoisotopic (exact) mass is 369 g/mol. The lowest BCUT2D eigenvalue weighted by Gasteiger charge is -2.06. The number of halogens is 1. The highest BCUT2D eigenvalue weighted by molar-refractivity contribution is 9.10. The van der Waals surface area contributed by atoms with Gasteiger partial charge in [0.25, 0.3) is 5.91 Å². The second-order valence-corrected chi connectivity index (χ2v) is 6.78. The van der Waals surface area contributed by atoms with E-state index in [9.17, 15) is 4.79 Å². The molecule has 0 saturated heterocycles. The van der Waals surface area contributed by atoms with Gasteiger partial charge in [0.05, 0.1) is 4.47 Å².